The highest BCUT2D eigenvalue weighted by Gasteiger charge is 2.29. The van der Waals surface area contributed by atoms with Crippen LogP contribution in [0.1, 0.15) is 35.0 Å². The van der Waals surface area contributed by atoms with Gasteiger partial charge < -0.3 is 24.4 Å². The second-order valence-corrected chi connectivity index (χ2v) is 8.27. The van der Waals surface area contributed by atoms with E-state index in [1.807, 2.05) is 31.3 Å². The first-order valence-electron chi connectivity index (χ1n) is 11.3. The summed E-state index contributed by atoms with van der Waals surface area (Å²) in [7, 11) is 5.08. The number of nitrogens with one attached hydrogen (secondary N) is 1. The molecular formula is C26H29N3O5. The number of anilines is 1. The molecule has 2 aromatic carbocycles. The minimum absolute atomic E-state index is 0.321. The van der Waals surface area contributed by atoms with Crippen molar-refractivity contribution in [3.63, 3.8) is 0 Å². The number of para-hydroxylation sites is 1. The second kappa shape index (κ2) is 10.1. The van der Waals surface area contributed by atoms with Crippen LogP contribution in [0.2, 0.25) is 0 Å². The van der Waals surface area contributed by atoms with E-state index in [0.717, 1.165) is 35.1 Å². The van der Waals surface area contributed by atoms with Gasteiger partial charge in [0.1, 0.15) is 11.5 Å². The molecule has 3 aromatic rings. The molecule has 1 aliphatic rings. The molecule has 0 fully saturated rings. The molecule has 1 aliphatic heterocycles. The van der Waals surface area contributed by atoms with Crippen LogP contribution in [-0.2, 0) is 22.5 Å². The number of fused-ring (bicyclic) bond motifs is 2. The largest absolute Gasteiger partial charge is 0.497 e. The summed E-state index contributed by atoms with van der Waals surface area (Å²) in [5.74, 6) is 0.108. The summed E-state index contributed by atoms with van der Waals surface area (Å²) < 4.78 is 16.3. The standard InChI is InChI=1S/C26H29N3O5/c1-5-22(25(30)28-21-11-10-16(32-3)14-23(21)33-4)34-26(31)24-17-8-6-7-9-19(17)27-20-12-13-29(2)15-18(20)24/h6-11,14,22H,5,12-13,15H2,1-4H3,(H,28,30). The predicted molar refractivity (Wildman–Crippen MR) is 129 cm³/mol. The van der Waals surface area contributed by atoms with Gasteiger partial charge in [0.15, 0.2) is 6.10 Å². The highest BCUT2D eigenvalue weighted by molar-refractivity contribution is 6.06. The van der Waals surface area contributed by atoms with Crippen LogP contribution in [0.3, 0.4) is 0 Å². The molecule has 4 rings (SSSR count). The van der Waals surface area contributed by atoms with Gasteiger partial charge in [-0.15, -0.1) is 0 Å². The van der Waals surface area contributed by atoms with Crippen LogP contribution in [0.4, 0.5) is 5.69 Å². The van der Waals surface area contributed by atoms with Crippen molar-refractivity contribution in [3.05, 3.63) is 59.3 Å². The smallest absolute Gasteiger partial charge is 0.340 e. The van der Waals surface area contributed by atoms with Crippen molar-refractivity contribution in [1.82, 2.24) is 9.88 Å². The first kappa shape index (κ1) is 23.5. The molecule has 8 nitrogen and oxygen atoms in total. The van der Waals surface area contributed by atoms with Crippen molar-refractivity contribution < 1.29 is 23.8 Å². The van der Waals surface area contributed by atoms with E-state index in [0.29, 0.717) is 35.7 Å². The van der Waals surface area contributed by atoms with Gasteiger partial charge in [0.2, 0.25) is 0 Å². The van der Waals surface area contributed by atoms with Crippen LogP contribution in [0.25, 0.3) is 10.9 Å². The van der Waals surface area contributed by atoms with Gasteiger partial charge in [-0.2, -0.15) is 0 Å². The van der Waals surface area contributed by atoms with Crippen molar-refractivity contribution in [2.75, 3.05) is 33.1 Å². The van der Waals surface area contributed by atoms with Gasteiger partial charge in [-0.25, -0.2) is 4.79 Å². The first-order valence-corrected chi connectivity index (χ1v) is 11.3. The maximum Gasteiger partial charge on any atom is 0.340 e. The Bertz CT molecular complexity index is 1230. The number of hydrogen-bond donors (Lipinski definition) is 1. The monoisotopic (exact) mass is 463 g/mol. The van der Waals surface area contributed by atoms with Crippen LogP contribution >= 0.6 is 0 Å². The summed E-state index contributed by atoms with van der Waals surface area (Å²) in [6, 6.07) is 12.6. The maximum atomic E-state index is 13.5. The average Bonchev–Trinajstić information content (AvgIpc) is 2.85. The molecule has 1 unspecified atom stereocenters. The van der Waals surface area contributed by atoms with E-state index in [1.165, 1.54) is 7.11 Å². The van der Waals surface area contributed by atoms with Gasteiger partial charge in [-0.1, -0.05) is 25.1 Å². The number of aromatic nitrogens is 1. The number of likely N-dealkylation sites (N-methyl/N-ethyl adjacent to an activating group) is 1. The zero-order valence-electron chi connectivity index (χ0n) is 19.9. The fourth-order valence-electron chi connectivity index (χ4n) is 4.18. The van der Waals surface area contributed by atoms with E-state index in [4.69, 9.17) is 19.2 Å². The summed E-state index contributed by atoms with van der Waals surface area (Å²) in [6.45, 7) is 3.27. The summed E-state index contributed by atoms with van der Waals surface area (Å²) in [6.07, 6.45) is 0.107. The van der Waals surface area contributed by atoms with Gasteiger partial charge in [0.05, 0.1) is 31.0 Å². The molecule has 1 atom stereocenters. The number of amides is 1. The minimum atomic E-state index is -0.969. The molecule has 0 radical (unpaired) electrons. The van der Waals surface area contributed by atoms with Crippen molar-refractivity contribution in [3.8, 4) is 11.5 Å². The van der Waals surface area contributed by atoms with Crippen LogP contribution in [0.5, 0.6) is 11.5 Å². The van der Waals surface area contributed by atoms with E-state index in [2.05, 4.69) is 10.2 Å². The van der Waals surface area contributed by atoms with E-state index in [-0.39, 0.29) is 0 Å². The number of carbonyl (C=O) groups is 2. The molecule has 1 aromatic heterocycles. The molecule has 178 valence electrons. The quantitative estimate of drug-likeness (QED) is 0.533. The third kappa shape index (κ3) is 4.68. The highest BCUT2D eigenvalue weighted by Crippen LogP contribution is 2.31. The number of methoxy groups -OCH3 is 2. The SMILES string of the molecule is CCC(OC(=O)c1c2c(nc3ccccc13)CCN(C)C2)C(=O)Nc1ccc(OC)cc1OC. The van der Waals surface area contributed by atoms with Crippen LogP contribution in [0, 0.1) is 0 Å². The highest BCUT2D eigenvalue weighted by atomic mass is 16.5. The Balaban J connectivity index is 1.62. The Labute approximate surface area is 198 Å². The zero-order chi connectivity index (χ0) is 24.2. The fourth-order valence-corrected chi connectivity index (χ4v) is 4.18. The second-order valence-electron chi connectivity index (χ2n) is 8.27. The fraction of sp³-hybridized carbons (Fsp3) is 0.346. The van der Waals surface area contributed by atoms with Crippen LogP contribution in [-0.4, -0.2) is 55.7 Å². The van der Waals surface area contributed by atoms with Crippen molar-refractivity contribution in [2.45, 2.75) is 32.4 Å². The van der Waals surface area contributed by atoms with Gasteiger partial charge in [0, 0.05) is 42.2 Å². The number of pyridine rings is 1. The third-order valence-electron chi connectivity index (χ3n) is 6.02. The Morgan fingerprint density at radius 3 is 2.68 bits per heavy atom. The van der Waals surface area contributed by atoms with Crippen LogP contribution < -0.4 is 14.8 Å². The third-order valence-corrected chi connectivity index (χ3v) is 6.02. The van der Waals surface area contributed by atoms with Gasteiger partial charge in [-0.05, 0) is 31.7 Å². The first-order chi connectivity index (χ1) is 16.4. The summed E-state index contributed by atoms with van der Waals surface area (Å²) in [5, 5.41) is 3.54. The summed E-state index contributed by atoms with van der Waals surface area (Å²) in [5.41, 5.74) is 3.48. The molecule has 0 saturated heterocycles. The Morgan fingerprint density at radius 2 is 1.94 bits per heavy atom. The Kier molecular flexibility index (Phi) is 6.98. The number of rotatable bonds is 7. The zero-order valence-corrected chi connectivity index (χ0v) is 19.9. The van der Waals surface area contributed by atoms with Crippen molar-refractivity contribution >= 4 is 28.5 Å². The molecule has 1 amide bonds. The number of hydrogen-bond acceptors (Lipinski definition) is 7. The lowest BCUT2D eigenvalue weighted by Crippen LogP contribution is -2.34. The molecule has 8 heteroatoms. The predicted octanol–water partition coefficient (Wildman–Crippen LogP) is 3.81. The van der Waals surface area contributed by atoms with E-state index < -0.39 is 18.0 Å². The molecule has 0 spiro atoms. The van der Waals surface area contributed by atoms with E-state index in [1.54, 1.807) is 32.2 Å². The van der Waals surface area contributed by atoms with E-state index in [9.17, 15) is 9.59 Å². The topological polar surface area (TPSA) is 90.0 Å². The lowest BCUT2D eigenvalue weighted by molar-refractivity contribution is -0.124. The Hall–Kier alpha value is -3.65. The van der Waals surface area contributed by atoms with Crippen LogP contribution in [0.15, 0.2) is 42.5 Å². The number of nitrogens with zero attached hydrogens (tertiary/aromatic N) is 2. The molecule has 34 heavy (non-hydrogen) atoms. The summed E-state index contributed by atoms with van der Waals surface area (Å²) in [4.78, 5) is 33.4. The number of carbonyl (C=O) groups excluding carboxylic acids is 2. The van der Waals surface area contributed by atoms with E-state index >= 15 is 0 Å². The number of ether oxygens (including phenoxy) is 3. The molecular weight excluding hydrogens is 434 g/mol. The van der Waals surface area contributed by atoms with Crippen molar-refractivity contribution in [1.29, 1.82) is 0 Å². The lowest BCUT2D eigenvalue weighted by atomic mass is 9.96. The molecule has 1 N–H and O–H groups in total. The van der Waals surface area contributed by atoms with Gasteiger partial charge in [-0.3, -0.25) is 9.78 Å². The average molecular weight is 464 g/mol. The van der Waals surface area contributed by atoms with Gasteiger partial charge >= 0.3 is 5.97 Å². The number of esters is 1. The summed E-state index contributed by atoms with van der Waals surface area (Å²) >= 11 is 0. The normalized spacial score (nSPS) is 14.2. The Morgan fingerprint density at radius 1 is 1.15 bits per heavy atom. The maximum absolute atomic E-state index is 13.5. The van der Waals surface area contributed by atoms with Gasteiger partial charge in [0.25, 0.3) is 5.91 Å². The molecule has 0 saturated carbocycles. The number of benzene rings is 2. The minimum Gasteiger partial charge on any atom is -0.497 e. The molecule has 2 heterocycles. The van der Waals surface area contributed by atoms with Crippen molar-refractivity contribution in [2.24, 2.45) is 0 Å². The molecule has 0 bridgehead atoms. The molecule has 0 aliphatic carbocycles. The lowest BCUT2D eigenvalue weighted by Gasteiger charge is -2.27.